The number of aromatic nitrogens is 4. The van der Waals surface area contributed by atoms with Gasteiger partial charge in [-0.25, -0.2) is 0 Å². The van der Waals surface area contributed by atoms with Crippen molar-refractivity contribution < 1.29 is 51.9 Å². The summed E-state index contributed by atoms with van der Waals surface area (Å²) in [7, 11) is -10.3. The zero-order valence-electron chi connectivity index (χ0n) is 23.0. The van der Waals surface area contributed by atoms with Crippen LogP contribution in [-0.2, 0) is 18.3 Å². The summed E-state index contributed by atoms with van der Waals surface area (Å²) in [6.07, 6.45) is -0.386. The van der Waals surface area contributed by atoms with Crippen molar-refractivity contribution in [3.8, 4) is 11.5 Å². The first kappa shape index (κ1) is 29.2. The number of aromatic amines is 1. The fourth-order valence-electron chi connectivity index (χ4n) is 5.09. The topological polar surface area (TPSA) is 315 Å². The van der Waals surface area contributed by atoms with Gasteiger partial charge in [-0.05, 0) is 0 Å². The predicted octanol–water partition coefficient (Wildman–Crippen LogP) is -1.65. The molecule has 3 aromatic rings. The molecule has 1 saturated heterocycles. The van der Waals surface area contributed by atoms with Gasteiger partial charge in [0.1, 0.15) is 0 Å². The number of imidazole rings is 1. The molecule has 1 unspecified atom stereocenters. The molecule has 1 fully saturated rings. The summed E-state index contributed by atoms with van der Waals surface area (Å²) in [5.74, 6) is -2.31. The van der Waals surface area contributed by atoms with Crippen LogP contribution in [0.25, 0.3) is 17.0 Å². The number of nitrogens with one attached hydrogen (secondary N) is 4. The summed E-state index contributed by atoms with van der Waals surface area (Å²) >= 11 is 0. The monoisotopic (exact) mass is 674 g/mol. The van der Waals surface area contributed by atoms with Crippen molar-refractivity contribution in [3.63, 3.8) is 0 Å². The molecule has 22 nitrogen and oxygen atoms in total. The third-order valence-electron chi connectivity index (χ3n) is 6.98. The number of ether oxygens (including phenoxy) is 1. The van der Waals surface area contributed by atoms with Crippen LogP contribution in [0.2, 0.25) is 0 Å². The van der Waals surface area contributed by atoms with E-state index in [1.807, 2.05) is 0 Å². The van der Waals surface area contributed by atoms with Gasteiger partial charge in [0, 0.05) is 0 Å². The molecule has 4 aliphatic rings. The van der Waals surface area contributed by atoms with Crippen molar-refractivity contribution in [1.82, 2.24) is 35.5 Å². The molecule has 244 valence electrons. The van der Waals surface area contributed by atoms with Crippen LogP contribution in [0, 0.1) is 0 Å². The number of rotatable bonds is 2. The van der Waals surface area contributed by atoms with E-state index in [4.69, 9.17) is 38.7 Å². The number of fused-ring (bicyclic) bond motifs is 5. The Morgan fingerprint density at radius 2 is 1.93 bits per heavy atom. The van der Waals surface area contributed by atoms with E-state index in [1.165, 1.54) is 11.8 Å². The van der Waals surface area contributed by atoms with Gasteiger partial charge in [0.2, 0.25) is 0 Å². The SMILES string of the molecule is C[C@@H]1O[PH](O)(O)OC2=C(n3cnc4c(=O)[nH]c(N)nc43)O/C(=C/O[PH](O)(O)Oc3c1oc(N1CNC4=C(N)NCNC41)c3O)C2. The van der Waals surface area contributed by atoms with E-state index in [9.17, 15) is 29.5 Å². The molecule has 4 aliphatic heterocycles. The second-order valence-corrected chi connectivity index (χ2v) is 13.1. The van der Waals surface area contributed by atoms with Crippen LogP contribution < -0.4 is 42.4 Å². The quantitative estimate of drug-likeness (QED) is 0.136. The molecule has 2 atom stereocenters. The Morgan fingerprint density at radius 1 is 1.13 bits per heavy atom. The van der Waals surface area contributed by atoms with Gasteiger partial charge in [-0.1, -0.05) is 0 Å². The molecule has 45 heavy (non-hydrogen) atoms. The fraction of sp³-hybridized carbons (Fsp3) is 0.286. The maximum absolute atomic E-state index is 12.3. The van der Waals surface area contributed by atoms with Crippen molar-refractivity contribution in [2.45, 2.75) is 25.6 Å². The molecule has 0 spiro atoms. The van der Waals surface area contributed by atoms with Crippen LogP contribution in [0.5, 0.6) is 11.5 Å². The summed E-state index contributed by atoms with van der Waals surface area (Å²) in [5, 5.41) is 20.3. The molecule has 0 saturated carbocycles. The maximum atomic E-state index is 12.3. The number of furan rings is 1. The third-order valence-corrected chi connectivity index (χ3v) is 9.05. The summed E-state index contributed by atoms with van der Waals surface area (Å²) in [5.41, 5.74) is 11.4. The van der Waals surface area contributed by atoms with Gasteiger partial charge < -0.3 is 0 Å². The summed E-state index contributed by atoms with van der Waals surface area (Å²) in [6, 6.07) is 0. The van der Waals surface area contributed by atoms with Crippen LogP contribution in [0.15, 0.2) is 44.8 Å². The number of nitrogen functional groups attached to an aromatic ring is 1. The molecule has 24 heteroatoms. The summed E-state index contributed by atoms with van der Waals surface area (Å²) in [6.45, 7) is 1.70. The number of nitrogens with zero attached hydrogens (tertiary/aromatic N) is 4. The molecular weight excluding hydrogens is 646 g/mol. The molecule has 0 radical (unpaired) electrons. The first-order valence-electron chi connectivity index (χ1n) is 13.1. The van der Waals surface area contributed by atoms with E-state index in [2.05, 4.69) is 30.9 Å². The van der Waals surface area contributed by atoms with E-state index in [-0.39, 0.29) is 65.9 Å². The van der Waals surface area contributed by atoms with Crippen molar-refractivity contribution in [2.75, 3.05) is 24.0 Å². The first-order valence-corrected chi connectivity index (χ1v) is 16.5. The number of anilines is 2. The van der Waals surface area contributed by atoms with Crippen LogP contribution in [0.1, 0.15) is 25.2 Å². The number of H-pyrrole nitrogens is 1. The molecule has 0 aromatic carbocycles. The van der Waals surface area contributed by atoms with Crippen molar-refractivity contribution in [1.29, 1.82) is 0 Å². The Morgan fingerprint density at radius 3 is 2.73 bits per heavy atom. The van der Waals surface area contributed by atoms with Crippen LogP contribution >= 0.6 is 16.3 Å². The number of hydrogen-bond acceptors (Lipinski definition) is 20. The Balaban J connectivity index is 1.28. The van der Waals surface area contributed by atoms with E-state index in [0.29, 0.717) is 11.5 Å². The predicted molar refractivity (Wildman–Crippen MR) is 154 cm³/mol. The van der Waals surface area contributed by atoms with Gasteiger partial charge in [-0.2, -0.15) is 0 Å². The first-order chi connectivity index (χ1) is 21.3. The van der Waals surface area contributed by atoms with Gasteiger partial charge in [0.15, 0.2) is 0 Å². The number of aromatic hydroxyl groups is 1. The molecular formula is C21H28N10O12P2. The van der Waals surface area contributed by atoms with Gasteiger partial charge in [0.25, 0.3) is 0 Å². The van der Waals surface area contributed by atoms with Gasteiger partial charge >= 0.3 is 251 Å². The van der Waals surface area contributed by atoms with E-state index in [1.54, 1.807) is 0 Å². The van der Waals surface area contributed by atoms with E-state index in [0.717, 1.165) is 17.2 Å². The Labute approximate surface area is 251 Å². The van der Waals surface area contributed by atoms with Gasteiger partial charge in [0.05, 0.1) is 0 Å². The molecule has 0 amide bonds. The van der Waals surface area contributed by atoms with Crippen molar-refractivity contribution in [2.24, 2.45) is 5.73 Å². The molecule has 13 N–H and O–H groups in total. The molecule has 7 heterocycles. The molecule has 0 aliphatic carbocycles. The zero-order valence-corrected chi connectivity index (χ0v) is 25.0. The van der Waals surface area contributed by atoms with Crippen LogP contribution in [-0.4, -0.2) is 63.7 Å². The Kier molecular flexibility index (Phi) is 6.65. The Hall–Kier alpha value is -4.53. The summed E-state index contributed by atoms with van der Waals surface area (Å²) in [4.78, 5) is 67.5. The van der Waals surface area contributed by atoms with E-state index >= 15 is 0 Å². The average molecular weight is 674 g/mol. The molecule has 7 rings (SSSR count). The second kappa shape index (κ2) is 10.3. The standard InChI is InChI=1S/C21H28N10O12P2/c1-7-13-14(12(32)20(40-13)30-5-26-10-15(22)24-4-25-16(10)30)43-44(34,35)38-3-8-2-9(42-45(36,37)41-7)19(39-8)31-6-27-11-17(31)28-21(23)29-18(11)33/h3,6-7,16,24-26,32,34-37,44-45H,2,4-5,22H2,1H3,(H3,23,28,29,33)/b8-3+/t7-,16?/m0/s1. The second-order valence-electron chi connectivity index (χ2n) is 10.0. The van der Waals surface area contributed by atoms with E-state index < -0.39 is 45.7 Å². The van der Waals surface area contributed by atoms with Crippen LogP contribution in [0.4, 0.5) is 11.8 Å². The minimum absolute atomic E-state index is 0.0629. The Bertz CT molecular complexity index is 1870. The van der Waals surface area contributed by atoms with Gasteiger partial charge in [-0.15, -0.1) is 0 Å². The van der Waals surface area contributed by atoms with Crippen molar-refractivity contribution >= 4 is 45.2 Å². The average Bonchev–Trinajstić information content (AvgIpc) is 3.72. The fourth-order valence-corrected chi connectivity index (χ4v) is 6.99. The molecule has 3 aromatic heterocycles. The normalized spacial score (nSPS) is 26.6. The summed E-state index contributed by atoms with van der Waals surface area (Å²) < 4.78 is 34.3. The zero-order chi connectivity index (χ0) is 31.8. The molecule has 2 bridgehead atoms. The minimum atomic E-state index is -5.18. The van der Waals surface area contributed by atoms with Gasteiger partial charge in [-0.3, -0.25) is 0 Å². The third kappa shape index (κ3) is 5.08. The number of nitrogens with two attached hydrogens (primary N) is 2. The van der Waals surface area contributed by atoms with Crippen LogP contribution in [0.3, 0.4) is 0 Å². The van der Waals surface area contributed by atoms with Crippen molar-refractivity contribution in [3.05, 3.63) is 51.7 Å². The number of hydrogen-bond donors (Lipinski definition) is 11.